The lowest BCUT2D eigenvalue weighted by Gasteiger charge is -2.02. The predicted molar refractivity (Wildman–Crippen MR) is 55.4 cm³/mol. The third-order valence-electron chi connectivity index (χ3n) is 1.81. The van der Waals surface area contributed by atoms with Crippen molar-refractivity contribution in [3.8, 4) is 0 Å². The van der Waals surface area contributed by atoms with Gasteiger partial charge in [0.2, 0.25) is 0 Å². The maximum atomic E-state index is 6.01. The Morgan fingerprint density at radius 1 is 1.42 bits per heavy atom. The summed E-state index contributed by atoms with van der Waals surface area (Å²) in [7, 11) is 0. The molecule has 0 unspecified atom stereocenters. The quantitative estimate of drug-likeness (QED) is 0.642. The molecule has 1 heteroatoms. The van der Waals surface area contributed by atoms with Crippen LogP contribution < -0.4 is 0 Å². The standard InChI is InChI=1S/C11H13Cl/c1-3-6-9(2)10-7-4-5-8-11(10)12/h4-8H,3H2,1-2H3/b9-6+. The lowest BCUT2D eigenvalue weighted by molar-refractivity contribution is 1.22. The second-order valence-electron chi connectivity index (χ2n) is 2.78. The Morgan fingerprint density at radius 2 is 2.08 bits per heavy atom. The second kappa shape index (κ2) is 4.32. The molecule has 0 amide bonds. The second-order valence-corrected chi connectivity index (χ2v) is 3.18. The highest BCUT2D eigenvalue weighted by Gasteiger charge is 1.98. The van der Waals surface area contributed by atoms with Crippen LogP contribution in [0, 0.1) is 0 Å². The van der Waals surface area contributed by atoms with Crippen LogP contribution in [0.3, 0.4) is 0 Å². The summed E-state index contributed by atoms with van der Waals surface area (Å²) in [4.78, 5) is 0. The topological polar surface area (TPSA) is 0 Å². The summed E-state index contributed by atoms with van der Waals surface area (Å²) in [5.74, 6) is 0. The highest BCUT2D eigenvalue weighted by atomic mass is 35.5. The van der Waals surface area contributed by atoms with Crippen LogP contribution in [0.15, 0.2) is 30.3 Å². The fraction of sp³-hybridized carbons (Fsp3) is 0.273. The SMILES string of the molecule is CC/C=C(\C)c1ccccc1Cl. The highest BCUT2D eigenvalue weighted by molar-refractivity contribution is 6.32. The van der Waals surface area contributed by atoms with E-state index in [1.54, 1.807) is 0 Å². The largest absolute Gasteiger partial charge is 0.0837 e. The van der Waals surface area contributed by atoms with Gasteiger partial charge in [0.05, 0.1) is 0 Å². The van der Waals surface area contributed by atoms with Gasteiger partial charge in [0.15, 0.2) is 0 Å². The summed E-state index contributed by atoms with van der Waals surface area (Å²) in [6.45, 7) is 4.21. The molecule has 0 N–H and O–H groups in total. The number of halogens is 1. The lowest BCUT2D eigenvalue weighted by atomic mass is 10.1. The first-order chi connectivity index (χ1) is 5.75. The van der Waals surface area contributed by atoms with Crippen molar-refractivity contribution in [2.45, 2.75) is 20.3 Å². The van der Waals surface area contributed by atoms with E-state index < -0.39 is 0 Å². The number of rotatable bonds is 2. The molecule has 0 fully saturated rings. The Kier molecular flexibility index (Phi) is 3.36. The molecule has 0 spiro atoms. The summed E-state index contributed by atoms with van der Waals surface area (Å²) < 4.78 is 0. The third kappa shape index (κ3) is 2.12. The molecule has 0 aromatic heterocycles. The lowest BCUT2D eigenvalue weighted by Crippen LogP contribution is -1.80. The average Bonchev–Trinajstić information content (AvgIpc) is 2.05. The van der Waals surface area contributed by atoms with E-state index in [4.69, 9.17) is 11.6 Å². The molecule has 0 aliphatic rings. The van der Waals surface area contributed by atoms with Crippen molar-refractivity contribution in [2.24, 2.45) is 0 Å². The number of hydrogen-bond acceptors (Lipinski definition) is 0. The molecule has 12 heavy (non-hydrogen) atoms. The molecule has 0 radical (unpaired) electrons. The molecule has 1 rings (SSSR count). The monoisotopic (exact) mass is 180 g/mol. The molecule has 64 valence electrons. The Hall–Kier alpha value is -0.750. The van der Waals surface area contributed by atoms with Crippen LogP contribution in [-0.2, 0) is 0 Å². The van der Waals surface area contributed by atoms with E-state index in [1.807, 2.05) is 24.3 Å². The van der Waals surface area contributed by atoms with Crippen LogP contribution in [-0.4, -0.2) is 0 Å². The molecule has 1 aromatic rings. The van der Waals surface area contributed by atoms with Crippen LogP contribution in [0.5, 0.6) is 0 Å². The first-order valence-electron chi connectivity index (χ1n) is 4.17. The molecule has 1 aromatic carbocycles. The van der Waals surface area contributed by atoms with Crippen LogP contribution in [0.4, 0.5) is 0 Å². The van der Waals surface area contributed by atoms with Crippen LogP contribution in [0.1, 0.15) is 25.8 Å². The van der Waals surface area contributed by atoms with Crippen LogP contribution in [0.2, 0.25) is 5.02 Å². The van der Waals surface area contributed by atoms with Crippen molar-refractivity contribution in [2.75, 3.05) is 0 Å². The summed E-state index contributed by atoms with van der Waals surface area (Å²) in [6, 6.07) is 7.92. The fourth-order valence-electron chi connectivity index (χ4n) is 1.20. The summed E-state index contributed by atoms with van der Waals surface area (Å²) in [5, 5.41) is 0.833. The van der Waals surface area contributed by atoms with Crippen molar-refractivity contribution in [3.05, 3.63) is 40.9 Å². The smallest absolute Gasteiger partial charge is 0.0480 e. The minimum Gasteiger partial charge on any atom is -0.0837 e. The maximum absolute atomic E-state index is 6.01. The van der Waals surface area contributed by atoms with Crippen molar-refractivity contribution in [1.82, 2.24) is 0 Å². The molecule has 0 bridgehead atoms. The molecular formula is C11H13Cl. The van der Waals surface area contributed by atoms with E-state index in [0.29, 0.717) is 0 Å². The van der Waals surface area contributed by atoms with Gasteiger partial charge in [0.25, 0.3) is 0 Å². The van der Waals surface area contributed by atoms with E-state index in [0.717, 1.165) is 17.0 Å². The first-order valence-corrected chi connectivity index (χ1v) is 4.55. The molecule has 0 saturated heterocycles. The van der Waals surface area contributed by atoms with Gasteiger partial charge < -0.3 is 0 Å². The van der Waals surface area contributed by atoms with Gasteiger partial charge in [-0.2, -0.15) is 0 Å². The van der Waals surface area contributed by atoms with Crippen molar-refractivity contribution < 1.29 is 0 Å². The van der Waals surface area contributed by atoms with Gasteiger partial charge in [0, 0.05) is 5.02 Å². The molecule has 0 nitrogen and oxygen atoms in total. The van der Waals surface area contributed by atoms with Crippen molar-refractivity contribution in [1.29, 1.82) is 0 Å². The van der Waals surface area contributed by atoms with E-state index in [1.165, 1.54) is 5.57 Å². The zero-order chi connectivity index (χ0) is 8.97. The number of hydrogen-bond donors (Lipinski definition) is 0. The summed E-state index contributed by atoms with van der Waals surface area (Å²) in [6.07, 6.45) is 3.23. The highest BCUT2D eigenvalue weighted by Crippen LogP contribution is 2.22. The Labute approximate surface area is 78.9 Å². The van der Waals surface area contributed by atoms with Gasteiger partial charge in [0.1, 0.15) is 0 Å². The van der Waals surface area contributed by atoms with Crippen molar-refractivity contribution in [3.63, 3.8) is 0 Å². The van der Waals surface area contributed by atoms with Gasteiger partial charge in [-0.1, -0.05) is 42.8 Å². The third-order valence-corrected chi connectivity index (χ3v) is 2.14. The van der Waals surface area contributed by atoms with Gasteiger partial charge in [-0.05, 0) is 30.5 Å². The summed E-state index contributed by atoms with van der Waals surface area (Å²) >= 11 is 6.01. The molecule has 0 aliphatic carbocycles. The Balaban J connectivity index is 3.02. The zero-order valence-electron chi connectivity index (χ0n) is 7.47. The van der Waals surface area contributed by atoms with E-state index in [9.17, 15) is 0 Å². The van der Waals surface area contributed by atoms with E-state index >= 15 is 0 Å². The predicted octanol–water partition coefficient (Wildman–Crippen LogP) is 4.15. The average molecular weight is 181 g/mol. The zero-order valence-corrected chi connectivity index (χ0v) is 8.23. The van der Waals surface area contributed by atoms with Gasteiger partial charge in [-0.15, -0.1) is 0 Å². The number of benzene rings is 1. The fourth-order valence-corrected chi connectivity index (χ4v) is 1.48. The Bertz CT molecular complexity index is 287. The molecule has 0 atom stereocenters. The van der Waals surface area contributed by atoms with Gasteiger partial charge in [-0.25, -0.2) is 0 Å². The van der Waals surface area contributed by atoms with E-state index in [-0.39, 0.29) is 0 Å². The molecule has 0 saturated carbocycles. The van der Waals surface area contributed by atoms with Crippen LogP contribution in [0.25, 0.3) is 5.57 Å². The molecular weight excluding hydrogens is 168 g/mol. The minimum absolute atomic E-state index is 0.833. The van der Waals surface area contributed by atoms with E-state index in [2.05, 4.69) is 19.9 Å². The minimum atomic E-state index is 0.833. The normalized spacial score (nSPS) is 11.8. The maximum Gasteiger partial charge on any atom is 0.0480 e. The van der Waals surface area contributed by atoms with Gasteiger partial charge in [-0.3, -0.25) is 0 Å². The summed E-state index contributed by atoms with van der Waals surface area (Å²) in [5.41, 5.74) is 2.39. The number of allylic oxidation sites excluding steroid dienone is 2. The van der Waals surface area contributed by atoms with Crippen LogP contribution >= 0.6 is 11.6 Å². The molecule has 0 heterocycles. The van der Waals surface area contributed by atoms with Gasteiger partial charge >= 0.3 is 0 Å². The Morgan fingerprint density at radius 3 is 2.67 bits per heavy atom. The first kappa shape index (κ1) is 9.34. The van der Waals surface area contributed by atoms with Crippen molar-refractivity contribution >= 4 is 17.2 Å². The molecule has 0 aliphatic heterocycles.